The molecule has 2 N–H and O–H groups in total. The number of sulfonamides is 1. The van der Waals surface area contributed by atoms with Gasteiger partial charge in [0.05, 0.1) is 16.4 Å². The van der Waals surface area contributed by atoms with Crippen molar-refractivity contribution < 1.29 is 22.8 Å². The molecule has 20 heavy (non-hydrogen) atoms. The maximum Gasteiger partial charge on any atom is 0.306 e. The van der Waals surface area contributed by atoms with Crippen molar-refractivity contribution in [3.05, 3.63) is 34.1 Å². The second kappa shape index (κ2) is 6.25. The number of benzene rings is 1. The lowest BCUT2D eigenvalue weighted by atomic mass is 10.1. The first-order valence-corrected chi connectivity index (χ1v) is 7.24. The van der Waals surface area contributed by atoms with E-state index in [9.17, 15) is 22.9 Å². The number of hydrogen-bond acceptors (Lipinski definition) is 5. The summed E-state index contributed by atoms with van der Waals surface area (Å²) < 4.78 is 39.4. The fourth-order valence-electron chi connectivity index (χ4n) is 1.45. The van der Waals surface area contributed by atoms with Crippen molar-refractivity contribution >= 4 is 15.7 Å². The average Bonchev–Trinajstić information content (AvgIpc) is 2.35. The minimum atomic E-state index is -4.07. The summed E-state index contributed by atoms with van der Waals surface area (Å²) >= 11 is 0. The SMILES string of the molecule is CC(C)C(CO)NS(=O)(=O)c1ccc(F)c([N+](=O)[O-])c1. The van der Waals surface area contributed by atoms with Crippen molar-refractivity contribution in [2.24, 2.45) is 5.92 Å². The molecule has 0 heterocycles. The predicted molar refractivity (Wildman–Crippen MR) is 69.1 cm³/mol. The van der Waals surface area contributed by atoms with Crippen LogP contribution < -0.4 is 4.72 Å². The molecule has 0 radical (unpaired) electrons. The molecule has 0 saturated heterocycles. The number of nitrogens with zero attached hydrogens (tertiary/aromatic N) is 1. The molecule has 1 aromatic rings. The summed E-state index contributed by atoms with van der Waals surface area (Å²) in [7, 11) is -4.07. The first-order valence-electron chi connectivity index (χ1n) is 5.76. The van der Waals surface area contributed by atoms with Crippen LogP contribution in [0.3, 0.4) is 0 Å². The first kappa shape index (κ1) is 16.5. The summed E-state index contributed by atoms with van der Waals surface area (Å²) in [5.41, 5.74) is -0.919. The van der Waals surface area contributed by atoms with Gasteiger partial charge in [0.1, 0.15) is 0 Å². The molecule has 1 aromatic carbocycles. The van der Waals surface area contributed by atoms with Gasteiger partial charge in [0.2, 0.25) is 15.8 Å². The molecule has 0 amide bonds. The predicted octanol–water partition coefficient (Wildman–Crippen LogP) is 1.03. The van der Waals surface area contributed by atoms with Gasteiger partial charge in [0, 0.05) is 12.1 Å². The number of nitrogens with one attached hydrogen (secondary N) is 1. The van der Waals surface area contributed by atoms with Crippen molar-refractivity contribution in [3.8, 4) is 0 Å². The highest BCUT2D eigenvalue weighted by Gasteiger charge is 2.25. The Morgan fingerprint density at radius 2 is 2.05 bits per heavy atom. The zero-order valence-electron chi connectivity index (χ0n) is 10.9. The van der Waals surface area contributed by atoms with Gasteiger partial charge in [0.25, 0.3) is 0 Å². The lowest BCUT2D eigenvalue weighted by molar-refractivity contribution is -0.387. The molecule has 0 aliphatic heterocycles. The summed E-state index contributed by atoms with van der Waals surface area (Å²) in [6.45, 7) is 2.99. The highest BCUT2D eigenvalue weighted by Crippen LogP contribution is 2.22. The minimum absolute atomic E-state index is 0.176. The summed E-state index contributed by atoms with van der Waals surface area (Å²) in [5.74, 6) is -1.29. The van der Waals surface area contributed by atoms with Crippen molar-refractivity contribution in [2.75, 3.05) is 6.61 Å². The van der Waals surface area contributed by atoms with E-state index in [1.807, 2.05) is 0 Å². The molecule has 1 rings (SSSR count). The molecule has 0 aliphatic carbocycles. The summed E-state index contributed by atoms with van der Waals surface area (Å²) in [4.78, 5) is 9.17. The van der Waals surface area contributed by atoms with Crippen LogP contribution in [-0.4, -0.2) is 31.1 Å². The Morgan fingerprint density at radius 1 is 1.45 bits per heavy atom. The van der Waals surface area contributed by atoms with Gasteiger partial charge in [-0.1, -0.05) is 13.8 Å². The third-order valence-electron chi connectivity index (χ3n) is 2.73. The van der Waals surface area contributed by atoms with Crippen molar-refractivity contribution in [1.29, 1.82) is 0 Å². The van der Waals surface area contributed by atoms with Crippen LogP contribution in [0, 0.1) is 21.8 Å². The molecule has 7 nitrogen and oxygen atoms in total. The third-order valence-corrected chi connectivity index (χ3v) is 4.22. The molecular weight excluding hydrogens is 291 g/mol. The number of aliphatic hydroxyl groups is 1. The quantitative estimate of drug-likeness (QED) is 0.602. The highest BCUT2D eigenvalue weighted by molar-refractivity contribution is 7.89. The van der Waals surface area contributed by atoms with Crippen LogP contribution in [0.5, 0.6) is 0 Å². The van der Waals surface area contributed by atoms with Crippen molar-refractivity contribution in [3.63, 3.8) is 0 Å². The molecule has 112 valence electrons. The van der Waals surface area contributed by atoms with E-state index in [4.69, 9.17) is 5.11 Å². The van der Waals surface area contributed by atoms with Crippen LogP contribution in [0.4, 0.5) is 10.1 Å². The smallest absolute Gasteiger partial charge is 0.306 e. The van der Waals surface area contributed by atoms with Gasteiger partial charge in [-0.3, -0.25) is 10.1 Å². The molecule has 0 aliphatic rings. The third kappa shape index (κ3) is 3.71. The topological polar surface area (TPSA) is 110 Å². The Morgan fingerprint density at radius 3 is 2.50 bits per heavy atom. The molecule has 1 atom stereocenters. The monoisotopic (exact) mass is 306 g/mol. The Kier molecular flexibility index (Phi) is 5.15. The number of rotatable bonds is 6. The number of hydrogen-bond donors (Lipinski definition) is 2. The van der Waals surface area contributed by atoms with Crippen LogP contribution in [0.2, 0.25) is 0 Å². The Labute approximate surface area is 115 Å². The molecule has 0 spiro atoms. The van der Waals surface area contributed by atoms with Crippen molar-refractivity contribution in [1.82, 2.24) is 4.72 Å². The van der Waals surface area contributed by atoms with Crippen LogP contribution in [-0.2, 0) is 10.0 Å². The summed E-state index contributed by atoms with van der Waals surface area (Å²) in [6.07, 6.45) is 0. The largest absolute Gasteiger partial charge is 0.395 e. The van der Waals surface area contributed by atoms with Crippen LogP contribution in [0.15, 0.2) is 23.1 Å². The normalized spacial score (nSPS) is 13.4. The molecule has 9 heteroatoms. The zero-order chi connectivity index (χ0) is 15.5. The number of nitro groups is 1. The Hall–Kier alpha value is -1.58. The number of halogens is 1. The summed E-state index contributed by atoms with van der Waals surface area (Å²) in [5, 5.41) is 19.7. The van der Waals surface area contributed by atoms with Crippen LogP contribution in [0.1, 0.15) is 13.8 Å². The maximum atomic E-state index is 13.2. The van der Waals surface area contributed by atoms with Gasteiger partial charge in [-0.2, -0.15) is 4.39 Å². The van der Waals surface area contributed by atoms with E-state index in [1.165, 1.54) is 0 Å². The molecule has 0 fully saturated rings. The molecular formula is C11H15FN2O5S. The fraction of sp³-hybridized carbons (Fsp3) is 0.455. The van der Waals surface area contributed by atoms with E-state index in [-0.39, 0.29) is 5.92 Å². The van der Waals surface area contributed by atoms with Crippen LogP contribution >= 0.6 is 0 Å². The van der Waals surface area contributed by atoms with Crippen LogP contribution in [0.25, 0.3) is 0 Å². The fourth-order valence-corrected chi connectivity index (χ4v) is 2.85. The number of aliphatic hydroxyl groups excluding tert-OH is 1. The van der Waals surface area contributed by atoms with Crippen molar-refractivity contribution in [2.45, 2.75) is 24.8 Å². The second-order valence-corrected chi connectivity index (χ2v) is 6.24. The Bertz CT molecular complexity index is 603. The summed E-state index contributed by atoms with van der Waals surface area (Å²) in [6, 6.07) is 1.56. The maximum absolute atomic E-state index is 13.2. The van der Waals surface area contributed by atoms with E-state index < -0.39 is 44.0 Å². The number of nitro benzene ring substituents is 1. The van der Waals surface area contributed by atoms with Gasteiger partial charge in [-0.15, -0.1) is 0 Å². The minimum Gasteiger partial charge on any atom is -0.395 e. The Balaban J connectivity index is 3.16. The van der Waals surface area contributed by atoms with Gasteiger partial charge in [-0.25, -0.2) is 13.1 Å². The second-order valence-electron chi connectivity index (χ2n) is 4.52. The molecule has 1 unspecified atom stereocenters. The van der Waals surface area contributed by atoms with E-state index in [1.54, 1.807) is 13.8 Å². The lowest BCUT2D eigenvalue weighted by Gasteiger charge is -2.19. The molecule has 0 aromatic heterocycles. The van der Waals surface area contributed by atoms with Gasteiger partial charge < -0.3 is 5.11 Å². The molecule has 0 bridgehead atoms. The van der Waals surface area contributed by atoms with E-state index in [0.29, 0.717) is 6.07 Å². The van der Waals surface area contributed by atoms with E-state index in [2.05, 4.69) is 4.72 Å². The van der Waals surface area contributed by atoms with Gasteiger partial charge in [-0.05, 0) is 18.1 Å². The first-order chi connectivity index (χ1) is 9.19. The van der Waals surface area contributed by atoms with E-state index in [0.717, 1.165) is 12.1 Å². The average molecular weight is 306 g/mol. The van der Waals surface area contributed by atoms with E-state index >= 15 is 0 Å². The van der Waals surface area contributed by atoms with Gasteiger partial charge in [0.15, 0.2) is 0 Å². The zero-order valence-corrected chi connectivity index (χ0v) is 11.7. The standard InChI is InChI=1S/C11H15FN2O5S/c1-7(2)10(6-15)13-20(18,19)8-3-4-9(12)11(5-8)14(16)17/h3-5,7,10,13,15H,6H2,1-2H3. The lowest BCUT2D eigenvalue weighted by Crippen LogP contribution is -2.41. The van der Waals surface area contributed by atoms with Gasteiger partial charge >= 0.3 is 5.69 Å². The molecule has 0 saturated carbocycles. The highest BCUT2D eigenvalue weighted by atomic mass is 32.2.